The van der Waals surface area contributed by atoms with Crippen LogP contribution in [0.15, 0.2) is 54.7 Å². The van der Waals surface area contributed by atoms with Crippen molar-refractivity contribution in [1.29, 1.82) is 0 Å². The monoisotopic (exact) mass is 342 g/mol. The number of hydrogen-bond acceptors (Lipinski definition) is 1. The Morgan fingerprint density at radius 1 is 0.923 bits per heavy atom. The molecule has 0 unspecified atom stereocenters. The number of para-hydroxylation sites is 2. The fourth-order valence-electron chi connectivity index (χ4n) is 4.02. The average molecular weight is 342 g/mol. The predicted molar refractivity (Wildman–Crippen MR) is 107 cm³/mol. The molecular weight excluding hydrogens is 318 g/mol. The largest absolute Gasteiger partial charge is 0.327 e. The highest BCUT2D eigenvalue weighted by Crippen LogP contribution is 2.32. The van der Waals surface area contributed by atoms with Gasteiger partial charge >= 0.3 is 0 Å². The van der Waals surface area contributed by atoms with Crippen LogP contribution in [0.1, 0.15) is 16.7 Å². The Balaban J connectivity index is 1.96. The fraction of sp³-hybridized carbons (Fsp3) is 0.217. The molecule has 0 spiro atoms. The number of hydrogen-bond donors (Lipinski definition) is 0. The molecule has 0 N–H and O–H groups in total. The molecule has 4 aromatic rings. The van der Waals surface area contributed by atoms with Crippen molar-refractivity contribution in [3.63, 3.8) is 0 Å². The first kappa shape index (κ1) is 16.5. The van der Waals surface area contributed by atoms with Gasteiger partial charge in [0.15, 0.2) is 6.20 Å². The van der Waals surface area contributed by atoms with E-state index in [4.69, 9.17) is 4.98 Å². The van der Waals surface area contributed by atoms with Gasteiger partial charge in [-0.15, -0.1) is 0 Å². The van der Waals surface area contributed by atoms with Crippen molar-refractivity contribution in [1.82, 2.24) is 9.55 Å². The normalized spacial score (nSPS) is 11.3. The summed E-state index contributed by atoms with van der Waals surface area (Å²) in [6, 6.07) is 17.1. The highest BCUT2D eigenvalue weighted by molar-refractivity contribution is 5.83. The highest BCUT2D eigenvalue weighted by Gasteiger charge is 2.20. The molecule has 0 aliphatic heterocycles. The Kier molecular flexibility index (Phi) is 3.87. The van der Waals surface area contributed by atoms with Gasteiger partial charge < -0.3 is 4.57 Å². The van der Waals surface area contributed by atoms with Gasteiger partial charge in [0.05, 0.1) is 16.6 Å². The minimum Gasteiger partial charge on any atom is -0.327 e. The van der Waals surface area contributed by atoms with Crippen LogP contribution in [-0.4, -0.2) is 9.55 Å². The summed E-state index contributed by atoms with van der Waals surface area (Å²) in [5.41, 5.74) is 9.71. The van der Waals surface area contributed by atoms with Crippen molar-refractivity contribution in [2.24, 2.45) is 14.1 Å². The molecule has 0 saturated carbocycles. The molecule has 0 radical (unpaired) electrons. The molecule has 2 aromatic heterocycles. The maximum Gasteiger partial charge on any atom is 0.215 e. The molecule has 0 aliphatic carbocycles. The second-order valence-corrected chi connectivity index (χ2v) is 7.12. The molecular formula is C23H24N3+. The molecule has 0 amide bonds. The lowest BCUT2D eigenvalue weighted by atomic mass is 9.96. The highest BCUT2D eigenvalue weighted by atomic mass is 15.1. The van der Waals surface area contributed by atoms with Gasteiger partial charge in [-0.3, -0.25) is 0 Å². The Hall–Kier alpha value is -2.94. The fourth-order valence-corrected chi connectivity index (χ4v) is 4.02. The van der Waals surface area contributed by atoms with Crippen LogP contribution >= 0.6 is 0 Å². The van der Waals surface area contributed by atoms with Gasteiger partial charge in [-0.2, -0.15) is 0 Å². The van der Waals surface area contributed by atoms with Crippen LogP contribution in [-0.2, 0) is 14.1 Å². The summed E-state index contributed by atoms with van der Waals surface area (Å²) < 4.78 is 4.41. The van der Waals surface area contributed by atoms with E-state index >= 15 is 0 Å². The molecule has 130 valence electrons. The minimum atomic E-state index is 1.01. The van der Waals surface area contributed by atoms with Crippen molar-refractivity contribution in [2.45, 2.75) is 20.8 Å². The third kappa shape index (κ3) is 2.51. The second kappa shape index (κ2) is 6.10. The number of aryl methyl sites for hydroxylation is 4. The molecule has 4 rings (SSSR count). The molecule has 26 heavy (non-hydrogen) atoms. The predicted octanol–water partition coefficient (Wildman–Crippen LogP) is 4.66. The molecule has 0 bridgehead atoms. The van der Waals surface area contributed by atoms with E-state index < -0.39 is 0 Å². The lowest BCUT2D eigenvalue weighted by Gasteiger charge is -2.12. The van der Waals surface area contributed by atoms with Gasteiger partial charge in [-0.05, 0) is 50.6 Å². The third-order valence-corrected chi connectivity index (χ3v) is 5.18. The maximum atomic E-state index is 4.89. The van der Waals surface area contributed by atoms with E-state index in [1.54, 1.807) is 0 Å². The van der Waals surface area contributed by atoms with Crippen molar-refractivity contribution >= 4 is 11.0 Å². The van der Waals surface area contributed by atoms with Crippen LogP contribution in [0.5, 0.6) is 0 Å². The summed E-state index contributed by atoms with van der Waals surface area (Å²) in [5, 5.41) is 0. The van der Waals surface area contributed by atoms with Crippen molar-refractivity contribution in [2.75, 3.05) is 0 Å². The minimum absolute atomic E-state index is 1.01. The molecule has 0 saturated heterocycles. The van der Waals surface area contributed by atoms with E-state index in [2.05, 4.69) is 92.7 Å². The van der Waals surface area contributed by atoms with E-state index in [9.17, 15) is 0 Å². The zero-order valence-electron chi connectivity index (χ0n) is 16.0. The Labute approximate surface area is 154 Å². The standard InChI is InChI=1S/C23H24N3/c1-15-13-16(2)22(25(4)14-15)18-9-8-10-19(17(18)3)23-24-20-11-6-7-12-21(20)26(23)5/h6-14H,1-5H3/q+1. The molecule has 0 fully saturated rings. The van der Waals surface area contributed by atoms with Crippen molar-refractivity contribution in [3.8, 4) is 22.6 Å². The zero-order chi connectivity index (χ0) is 18.4. The molecule has 0 aliphatic rings. The molecule has 3 nitrogen and oxygen atoms in total. The van der Waals surface area contributed by atoms with Gasteiger partial charge in [0.2, 0.25) is 5.69 Å². The summed E-state index contributed by atoms with van der Waals surface area (Å²) in [5.74, 6) is 1.01. The lowest BCUT2D eigenvalue weighted by Crippen LogP contribution is -2.32. The van der Waals surface area contributed by atoms with E-state index in [1.165, 1.54) is 33.5 Å². The van der Waals surface area contributed by atoms with Gasteiger partial charge in [0.25, 0.3) is 0 Å². The molecule has 3 heteroatoms. The van der Waals surface area contributed by atoms with E-state index in [-0.39, 0.29) is 0 Å². The summed E-state index contributed by atoms with van der Waals surface area (Å²) in [6.07, 6.45) is 2.18. The smallest absolute Gasteiger partial charge is 0.215 e. The summed E-state index contributed by atoms with van der Waals surface area (Å²) in [6.45, 7) is 6.52. The van der Waals surface area contributed by atoms with Crippen molar-refractivity contribution < 1.29 is 4.57 Å². The molecule has 2 aromatic carbocycles. The average Bonchev–Trinajstić information content (AvgIpc) is 2.93. The van der Waals surface area contributed by atoms with Crippen LogP contribution < -0.4 is 4.57 Å². The lowest BCUT2D eigenvalue weighted by molar-refractivity contribution is -0.661. The molecule has 2 heterocycles. The van der Waals surface area contributed by atoms with E-state index in [0.29, 0.717) is 0 Å². The van der Waals surface area contributed by atoms with E-state index in [1.807, 2.05) is 6.07 Å². The number of pyridine rings is 1. The molecule has 0 atom stereocenters. The summed E-state index contributed by atoms with van der Waals surface area (Å²) in [4.78, 5) is 4.89. The first-order valence-electron chi connectivity index (χ1n) is 8.96. The summed E-state index contributed by atoms with van der Waals surface area (Å²) in [7, 11) is 4.21. The van der Waals surface area contributed by atoms with Gasteiger partial charge in [0, 0.05) is 23.7 Å². The number of nitrogens with zero attached hydrogens (tertiary/aromatic N) is 3. The first-order valence-corrected chi connectivity index (χ1v) is 8.96. The third-order valence-electron chi connectivity index (χ3n) is 5.18. The topological polar surface area (TPSA) is 21.7 Å². The van der Waals surface area contributed by atoms with Crippen LogP contribution in [0.3, 0.4) is 0 Å². The van der Waals surface area contributed by atoms with Crippen LogP contribution in [0.4, 0.5) is 0 Å². The first-order chi connectivity index (χ1) is 12.5. The van der Waals surface area contributed by atoms with Crippen molar-refractivity contribution in [3.05, 3.63) is 71.4 Å². The van der Waals surface area contributed by atoms with Crippen LogP contribution in [0.25, 0.3) is 33.7 Å². The van der Waals surface area contributed by atoms with Gasteiger partial charge in [-0.25, -0.2) is 9.55 Å². The SMILES string of the molecule is Cc1cc(C)c(-c2cccc(-c3nc4ccccc4n3C)c2C)[n+](C)c1. The van der Waals surface area contributed by atoms with E-state index in [0.717, 1.165) is 16.9 Å². The van der Waals surface area contributed by atoms with Gasteiger partial charge in [0.1, 0.15) is 12.9 Å². The van der Waals surface area contributed by atoms with Crippen LogP contribution in [0.2, 0.25) is 0 Å². The Morgan fingerprint density at radius 2 is 1.65 bits per heavy atom. The number of aromatic nitrogens is 3. The van der Waals surface area contributed by atoms with Crippen LogP contribution in [0, 0.1) is 20.8 Å². The Morgan fingerprint density at radius 3 is 2.38 bits per heavy atom. The number of rotatable bonds is 2. The number of benzene rings is 2. The number of fused-ring (bicyclic) bond motifs is 1. The Bertz CT molecular complexity index is 1110. The second-order valence-electron chi connectivity index (χ2n) is 7.12. The quantitative estimate of drug-likeness (QED) is 0.486. The van der Waals surface area contributed by atoms with Gasteiger partial charge in [-0.1, -0.05) is 24.3 Å². The zero-order valence-corrected chi connectivity index (χ0v) is 16.0. The summed E-state index contributed by atoms with van der Waals surface area (Å²) >= 11 is 0. The maximum absolute atomic E-state index is 4.89. The number of imidazole rings is 1.